The zero-order chi connectivity index (χ0) is 15.6. The second kappa shape index (κ2) is 5.52. The third kappa shape index (κ3) is 3.02. The number of benzene rings is 2. The predicted molar refractivity (Wildman–Crippen MR) is 75.9 cm³/mol. The number of carbonyl (C=O) groups is 2. The van der Waals surface area contributed by atoms with Gasteiger partial charge in [0.05, 0.1) is 11.1 Å². The summed E-state index contributed by atoms with van der Waals surface area (Å²) >= 11 is 0. The van der Waals surface area contributed by atoms with Crippen LogP contribution in [0.5, 0.6) is 0 Å². The Labute approximate surface area is 119 Å². The van der Waals surface area contributed by atoms with Crippen molar-refractivity contribution in [3.63, 3.8) is 0 Å². The van der Waals surface area contributed by atoms with Crippen molar-refractivity contribution in [1.82, 2.24) is 0 Å². The van der Waals surface area contributed by atoms with Gasteiger partial charge in [-0.05, 0) is 48.5 Å². The molecule has 0 saturated carbocycles. The van der Waals surface area contributed by atoms with E-state index in [0.29, 0.717) is 0 Å². The molecule has 0 atom stereocenters. The van der Waals surface area contributed by atoms with Crippen LogP contribution < -0.4 is 10.6 Å². The van der Waals surface area contributed by atoms with Gasteiger partial charge in [0.2, 0.25) is 0 Å². The van der Waals surface area contributed by atoms with E-state index in [2.05, 4.69) is 0 Å². The van der Waals surface area contributed by atoms with Gasteiger partial charge in [0.1, 0.15) is 0 Å². The van der Waals surface area contributed by atoms with E-state index < -0.39 is 19.3 Å². The third-order valence-electron chi connectivity index (χ3n) is 2.93. The van der Waals surface area contributed by atoms with Crippen LogP contribution in [-0.4, -0.2) is 27.0 Å². The molecule has 2 aromatic rings. The van der Waals surface area contributed by atoms with Gasteiger partial charge in [-0.2, -0.15) is 0 Å². The van der Waals surface area contributed by atoms with E-state index in [1.54, 1.807) is 0 Å². The van der Waals surface area contributed by atoms with Gasteiger partial charge in [-0.25, -0.2) is 9.59 Å². The lowest BCUT2D eigenvalue weighted by Gasteiger charge is -2.12. The molecule has 0 fully saturated rings. The molecule has 0 aliphatic carbocycles. The average molecular weight is 306 g/mol. The van der Waals surface area contributed by atoms with Gasteiger partial charge in [-0.3, -0.25) is 4.57 Å². The standard InChI is InChI=1S/C14H11O6P/c15-13(16)9-1-5-11(6-2-9)21(19,20)12-7-3-10(4-8-12)14(17)18/h1-8H,(H,15,16)(H,17,18)(H,19,20). The molecule has 6 nitrogen and oxygen atoms in total. The Morgan fingerprint density at radius 1 is 0.714 bits per heavy atom. The van der Waals surface area contributed by atoms with E-state index in [1.165, 1.54) is 48.5 Å². The number of rotatable bonds is 4. The fraction of sp³-hybridized carbons (Fsp3) is 0. The maximum atomic E-state index is 12.4. The topological polar surface area (TPSA) is 112 Å². The average Bonchev–Trinajstić information content (AvgIpc) is 2.47. The van der Waals surface area contributed by atoms with Crippen LogP contribution in [0.25, 0.3) is 0 Å². The summed E-state index contributed by atoms with van der Waals surface area (Å²) in [5.74, 6) is -2.25. The maximum absolute atomic E-state index is 12.4. The molecule has 7 heteroatoms. The molecule has 108 valence electrons. The molecule has 0 radical (unpaired) electrons. The van der Waals surface area contributed by atoms with Gasteiger partial charge >= 0.3 is 11.9 Å². The van der Waals surface area contributed by atoms with Crippen molar-refractivity contribution in [2.45, 2.75) is 0 Å². The molecular formula is C14H11O6P. The molecule has 0 aliphatic heterocycles. The quantitative estimate of drug-likeness (QED) is 0.734. The Morgan fingerprint density at radius 3 is 1.24 bits per heavy atom. The van der Waals surface area contributed by atoms with E-state index in [-0.39, 0.29) is 21.7 Å². The van der Waals surface area contributed by atoms with Crippen molar-refractivity contribution in [1.29, 1.82) is 0 Å². The second-order valence-electron chi connectivity index (χ2n) is 4.28. The summed E-state index contributed by atoms with van der Waals surface area (Å²) in [5.41, 5.74) is 0.0277. The number of carboxylic acids is 2. The summed E-state index contributed by atoms with van der Waals surface area (Å²) < 4.78 is 12.4. The number of hydrogen-bond donors (Lipinski definition) is 3. The minimum Gasteiger partial charge on any atom is -0.478 e. The summed E-state index contributed by atoms with van der Waals surface area (Å²) in [6, 6.07) is 10.1. The van der Waals surface area contributed by atoms with Crippen molar-refractivity contribution in [2.75, 3.05) is 0 Å². The first-order chi connectivity index (χ1) is 9.82. The fourth-order valence-electron chi connectivity index (χ4n) is 1.76. The smallest absolute Gasteiger partial charge is 0.335 e. The first kappa shape index (κ1) is 15.0. The fourth-order valence-corrected chi connectivity index (χ4v) is 3.17. The lowest BCUT2D eigenvalue weighted by molar-refractivity contribution is 0.0686. The summed E-state index contributed by atoms with van der Waals surface area (Å²) in [4.78, 5) is 31.7. The zero-order valence-electron chi connectivity index (χ0n) is 10.6. The summed E-state index contributed by atoms with van der Waals surface area (Å²) in [5, 5.41) is 17.7. The zero-order valence-corrected chi connectivity index (χ0v) is 11.5. The van der Waals surface area contributed by atoms with Gasteiger partial charge in [0.25, 0.3) is 7.37 Å². The van der Waals surface area contributed by atoms with Crippen LogP contribution in [0.4, 0.5) is 0 Å². The number of hydrogen-bond acceptors (Lipinski definition) is 3. The monoisotopic (exact) mass is 306 g/mol. The van der Waals surface area contributed by atoms with E-state index in [0.717, 1.165) is 0 Å². The van der Waals surface area contributed by atoms with Crippen LogP contribution in [0.2, 0.25) is 0 Å². The Balaban J connectivity index is 2.38. The highest BCUT2D eigenvalue weighted by Gasteiger charge is 2.24. The lowest BCUT2D eigenvalue weighted by atomic mass is 10.2. The van der Waals surface area contributed by atoms with Gasteiger partial charge in [0, 0.05) is 10.6 Å². The van der Waals surface area contributed by atoms with Crippen molar-refractivity contribution in [3.8, 4) is 0 Å². The van der Waals surface area contributed by atoms with Crippen LogP contribution >= 0.6 is 7.37 Å². The molecule has 0 spiro atoms. The Bertz CT molecular complexity index is 672. The lowest BCUT2D eigenvalue weighted by Crippen LogP contribution is -2.16. The molecule has 3 N–H and O–H groups in total. The Morgan fingerprint density at radius 2 is 1.00 bits per heavy atom. The molecule has 2 rings (SSSR count). The SMILES string of the molecule is O=C(O)c1ccc(P(=O)(O)c2ccc(C(=O)O)cc2)cc1. The molecule has 2 aromatic carbocycles. The highest BCUT2D eigenvalue weighted by Crippen LogP contribution is 2.38. The van der Waals surface area contributed by atoms with Gasteiger partial charge in [-0.15, -0.1) is 0 Å². The molecule has 0 saturated heterocycles. The molecule has 0 amide bonds. The van der Waals surface area contributed by atoms with Crippen molar-refractivity contribution in [3.05, 3.63) is 59.7 Å². The molecular weight excluding hydrogens is 295 g/mol. The van der Waals surface area contributed by atoms with E-state index >= 15 is 0 Å². The number of carboxylic acid groups (broad SMARTS) is 2. The maximum Gasteiger partial charge on any atom is 0.335 e. The molecule has 0 heterocycles. The summed E-state index contributed by atoms with van der Waals surface area (Å²) in [7, 11) is -3.88. The molecule has 21 heavy (non-hydrogen) atoms. The first-order valence-corrected chi connectivity index (χ1v) is 7.49. The highest BCUT2D eigenvalue weighted by atomic mass is 31.2. The van der Waals surface area contributed by atoms with E-state index in [9.17, 15) is 19.0 Å². The normalized spacial score (nSPS) is 11.1. The molecule has 0 aliphatic rings. The highest BCUT2D eigenvalue weighted by molar-refractivity contribution is 7.73. The van der Waals surface area contributed by atoms with Gasteiger partial charge < -0.3 is 15.1 Å². The van der Waals surface area contributed by atoms with Gasteiger partial charge in [0.15, 0.2) is 0 Å². The first-order valence-electron chi connectivity index (χ1n) is 5.83. The van der Waals surface area contributed by atoms with Crippen molar-refractivity contribution < 1.29 is 29.3 Å². The molecule has 0 bridgehead atoms. The van der Waals surface area contributed by atoms with Crippen LogP contribution in [0.1, 0.15) is 20.7 Å². The Hall–Kier alpha value is -2.43. The van der Waals surface area contributed by atoms with Gasteiger partial charge in [-0.1, -0.05) is 0 Å². The summed E-state index contributed by atoms with van der Waals surface area (Å²) in [6.45, 7) is 0. The Kier molecular flexibility index (Phi) is 3.93. The van der Waals surface area contributed by atoms with E-state index in [1.807, 2.05) is 0 Å². The van der Waals surface area contributed by atoms with Crippen LogP contribution in [0.15, 0.2) is 48.5 Å². The molecule has 0 unspecified atom stereocenters. The van der Waals surface area contributed by atoms with E-state index in [4.69, 9.17) is 10.2 Å². The minimum atomic E-state index is -3.88. The minimum absolute atomic E-state index is 0.0139. The predicted octanol–water partition coefficient (Wildman–Crippen LogP) is 1.30. The largest absolute Gasteiger partial charge is 0.478 e. The second-order valence-corrected chi connectivity index (χ2v) is 6.46. The van der Waals surface area contributed by atoms with Crippen LogP contribution in [0.3, 0.4) is 0 Å². The molecule has 0 aromatic heterocycles. The third-order valence-corrected chi connectivity index (χ3v) is 4.92. The van der Waals surface area contributed by atoms with Crippen molar-refractivity contribution >= 4 is 29.9 Å². The van der Waals surface area contributed by atoms with Crippen molar-refractivity contribution in [2.24, 2.45) is 0 Å². The van der Waals surface area contributed by atoms with Crippen LogP contribution in [0, 0.1) is 0 Å². The summed E-state index contributed by atoms with van der Waals surface area (Å²) in [6.07, 6.45) is 0. The van der Waals surface area contributed by atoms with Crippen LogP contribution in [-0.2, 0) is 4.57 Å². The number of aromatic carboxylic acids is 2.